The molecule has 19 heavy (non-hydrogen) atoms. The molecule has 1 atom stereocenters. The van der Waals surface area contributed by atoms with Crippen molar-refractivity contribution >= 4 is 17.0 Å². The van der Waals surface area contributed by atoms with E-state index in [0.717, 1.165) is 23.9 Å². The van der Waals surface area contributed by atoms with Crippen LogP contribution in [0.3, 0.4) is 0 Å². The lowest BCUT2D eigenvalue weighted by molar-refractivity contribution is 0.0698. The number of rotatable bonds is 2. The number of hydrogen-bond donors (Lipinski definition) is 1. The molecule has 100 valence electrons. The van der Waals surface area contributed by atoms with Crippen molar-refractivity contribution in [1.82, 2.24) is 9.55 Å². The van der Waals surface area contributed by atoms with Crippen molar-refractivity contribution in [1.29, 1.82) is 0 Å². The Morgan fingerprint density at radius 2 is 2.26 bits per heavy atom. The van der Waals surface area contributed by atoms with Gasteiger partial charge in [-0.3, -0.25) is 0 Å². The molecule has 0 radical (unpaired) electrons. The maximum Gasteiger partial charge on any atom is 0.337 e. The number of carboxylic acids is 1. The predicted molar refractivity (Wildman–Crippen MR) is 73.4 cm³/mol. The Bertz CT molecular complexity index is 643. The molecule has 0 bridgehead atoms. The van der Waals surface area contributed by atoms with E-state index in [9.17, 15) is 9.90 Å². The first-order valence-electron chi connectivity index (χ1n) is 6.67. The van der Waals surface area contributed by atoms with Gasteiger partial charge in [-0.2, -0.15) is 0 Å². The van der Waals surface area contributed by atoms with Crippen LogP contribution in [-0.2, 0) is 0 Å². The Morgan fingerprint density at radius 3 is 2.89 bits per heavy atom. The van der Waals surface area contributed by atoms with Gasteiger partial charge in [0.25, 0.3) is 0 Å². The number of carboxylic acid groups (broad SMARTS) is 1. The lowest BCUT2D eigenvalue weighted by Gasteiger charge is -2.18. The minimum absolute atomic E-state index is 0.333. The molecular formula is C15H18N2O2. The molecule has 1 aliphatic rings. The summed E-state index contributed by atoms with van der Waals surface area (Å²) in [6, 6.07) is 5.64. The van der Waals surface area contributed by atoms with Gasteiger partial charge in [0.05, 0.1) is 22.9 Å². The first-order valence-corrected chi connectivity index (χ1v) is 6.67. The van der Waals surface area contributed by atoms with Gasteiger partial charge in [0.1, 0.15) is 0 Å². The zero-order valence-electron chi connectivity index (χ0n) is 11.3. The Kier molecular flexibility index (Phi) is 2.62. The van der Waals surface area contributed by atoms with Gasteiger partial charge in [-0.25, -0.2) is 9.78 Å². The topological polar surface area (TPSA) is 55.1 Å². The van der Waals surface area contributed by atoms with E-state index in [0.29, 0.717) is 17.0 Å². The maximum atomic E-state index is 11.4. The normalized spacial score (nSPS) is 21.9. The molecule has 2 aromatic rings. The summed E-state index contributed by atoms with van der Waals surface area (Å²) in [5.74, 6) is -0.885. The van der Waals surface area contributed by atoms with Crippen molar-refractivity contribution in [3.05, 3.63) is 30.1 Å². The fraction of sp³-hybridized carbons (Fsp3) is 0.467. The third kappa shape index (κ3) is 2.01. The lowest BCUT2D eigenvalue weighted by Crippen LogP contribution is -2.10. The van der Waals surface area contributed by atoms with Crippen molar-refractivity contribution in [2.75, 3.05) is 0 Å². The number of nitrogens with zero attached hydrogens (tertiary/aromatic N) is 2. The van der Waals surface area contributed by atoms with Gasteiger partial charge in [-0.15, -0.1) is 0 Å². The van der Waals surface area contributed by atoms with E-state index >= 15 is 0 Å². The van der Waals surface area contributed by atoms with Crippen LogP contribution < -0.4 is 0 Å². The lowest BCUT2D eigenvalue weighted by atomic mass is 9.92. The number of para-hydroxylation sites is 1. The average molecular weight is 258 g/mol. The van der Waals surface area contributed by atoms with E-state index in [2.05, 4.69) is 23.4 Å². The van der Waals surface area contributed by atoms with E-state index in [-0.39, 0.29) is 0 Å². The van der Waals surface area contributed by atoms with Crippen molar-refractivity contribution in [3.63, 3.8) is 0 Å². The van der Waals surface area contributed by atoms with Crippen LogP contribution in [0.1, 0.15) is 49.5 Å². The van der Waals surface area contributed by atoms with Gasteiger partial charge in [0.15, 0.2) is 0 Å². The number of carbonyl (C=O) groups is 1. The summed E-state index contributed by atoms with van der Waals surface area (Å²) < 4.78 is 2.06. The molecule has 1 aromatic heterocycles. The smallest absolute Gasteiger partial charge is 0.337 e. The molecule has 0 saturated heterocycles. The van der Waals surface area contributed by atoms with Crippen LogP contribution in [0.15, 0.2) is 24.5 Å². The summed E-state index contributed by atoms with van der Waals surface area (Å²) in [5, 5.41) is 9.33. The van der Waals surface area contributed by atoms with Crippen molar-refractivity contribution in [2.24, 2.45) is 5.41 Å². The van der Waals surface area contributed by atoms with Crippen LogP contribution in [0.25, 0.3) is 11.0 Å². The van der Waals surface area contributed by atoms with E-state index in [1.165, 1.54) is 6.42 Å². The third-order valence-electron chi connectivity index (χ3n) is 4.16. The molecular weight excluding hydrogens is 240 g/mol. The van der Waals surface area contributed by atoms with Crippen LogP contribution in [0.2, 0.25) is 0 Å². The first kappa shape index (κ1) is 12.2. The second kappa shape index (κ2) is 4.08. The molecule has 1 unspecified atom stereocenters. The van der Waals surface area contributed by atoms with Gasteiger partial charge in [-0.05, 0) is 36.8 Å². The van der Waals surface area contributed by atoms with Crippen LogP contribution >= 0.6 is 0 Å². The summed E-state index contributed by atoms with van der Waals surface area (Å²) in [7, 11) is 0. The molecule has 1 aliphatic carbocycles. The average Bonchev–Trinajstić information content (AvgIpc) is 2.91. The number of benzene rings is 1. The Labute approximate surface area is 112 Å². The highest BCUT2D eigenvalue weighted by molar-refractivity contribution is 6.01. The largest absolute Gasteiger partial charge is 0.478 e. The van der Waals surface area contributed by atoms with Crippen LogP contribution in [0.4, 0.5) is 0 Å². The molecule has 1 fully saturated rings. The van der Waals surface area contributed by atoms with Gasteiger partial charge in [0.2, 0.25) is 0 Å². The Morgan fingerprint density at radius 1 is 1.47 bits per heavy atom. The van der Waals surface area contributed by atoms with Crippen LogP contribution in [0, 0.1) is 5.41 Å². The molecule has 1 aromatic carbocycles. The summed E-state index contributed by atoms with van der Waals surface area (Å²) in [4.78, 5) is 15.7. The van der Waals surface area contributed by atoms with Crippen molar-refractivity contribution in [2.45, 2.75) is 39.2 Å². The Hall–Kier alpha value is -1.84. The molecule has 1 N–H and O–H groups in total. The number of fused-ring (bicyclic) bond motifs is 1. The molecule has 4 nitrogen and oxygen atoms in total. The third-order valence-corrected chi connectivity index (χ3v) is 4.16. The minimum atomic E-state index is -0.885. The molecule has 1 heterocycles. The molecule has 0 spiro atoms. The zero-order valence-corrected chi connectivity index (χ0v) is 11.3. The van der Waals surface area contributed by atoms with E-state index < -0.39 is 5.97 Å². The van der Waals surface area contributed by atoms with Gasteiger partial charge >= 0.3 is 5.97 Å². The molecule has 4 heteroatoms. The Balaban J connectivity index is 2.12. The van der Waals surface area contributed by atoms with Crippen molar-refractivity contribution < 1.29 is 9.90 Å². The van der Waals surface area contributed by atoms with E-state index in [4.69, 9.17) is 0 Å². The highest BCUT2D eigenvalue weighted by atomic mass is 16.4. The highest BCUT2D eigenvalue weighted by Gasteiger charge is 2.33. The standard InChI is InChI=1S/C15H18N2O2/c1-15(2)7-6-10(8-15)17-9-16-12-5-3-4-11(13(12)17)14(18)19/h3-5,9-10H,6-8H2,1-2H3,(H,18,19). The molecule has 0 aliphatic heterocycles. The first-order chi connectivity index (χ1) is 8.98. The maximum absolute atomic E-state index is 11.4. The van der Waals surface area contributed by atoms with Gasteiger partial charge in [-0.1, -0.05) is 19.9 Å². The summed E-state index contributed by atoms with van der Waals surface area (Å²) in [5.41, 5.74) is 2.21. The number of aromatic carboxylic acids is 1. The zero-order chi connectivity index (χ0) is 13.6. The van der Waals surface area contributed by atoms with E-state index in [1.807, 2.05) is 6.07 Å². The minimum Gasteiger partial charge on any atom is -0.478 e. The molecule has 3 rings (SSSR count). The van der Waals surface area contributed by atoms with Crippen LogP contribution in [0.5, 0.6) is 0 Å². The van der Waals surface area contributed by atoms with E-state index in [1.54, 1.807) is 18.5 Å². The summed E-state index contributed by atoms with van der Waals surface area (Å²) in [6.45, 7) is 4.54. The summed E-state index contributed by atoms with van der Waals surface area (Å²) in [6.07, 6.45) is 5.13. The monoisotopic (exact) mass is 258 g/mol. The highest BCUT2D eigenvalue weighted by Crippen LogP contribution is 2.44. The number of aromatic nitrogens is 2. The SMILES string of the molecule is CC1(C)CCC(n2cnc3cccc(C(=O)O)c32)C1. The predicted octanol–water partition coefficient (Wildman–Crippen LogP) is 3.49. The second-order valence-corrected chi connectivity index (χ2v) is 6.19. The van der Waals surface area contributed by atoms with Crippen molar-refractivity contribution in [3.8, 4) is 0 Å². The second-order valence-electron chi connectivity index (χ2n) is 6.19. The molecule has 0 amide bonds. The fourth-order valence-corrected chi connectivity index (χ4v) is 3.18. The van der Waals surface area contributed by atoms with Gasteiger partial charge < -0.3 is 9.67 Å². The number of hydrogen-bond acceptors (Lipinski definition) is 2. The molecule has 1 saturated carbocycles. The quantitative estimate of drug-likeness (QED) is 0.897. The van der Waals surface area contributed by atoms with Crippen LogP contribution in [-0.4, -0.2) is 20.6 Å². The summed E-state index contributed by atoms with van der Waals surface area (Å²) >= 11 is 0. The van der Waals surface area contributed by atoms with Gasteiger partial charge in [0, 0.05) is 6.04 Å². The number of imidazole rings is 1. The fourth-order valence-electron chi connectivity index (χ4n) is 3.18.